The van der Waals surface area contributed by atoms with Gasteiger partial charge in [0, 0.05) is 30.0 Å². The van der Waals surface area contributed by atoms with Crippen LogP contribution in [0.3, 0.4) is 0 Å². The molecule has 0 aliphatic heterocycles. The second kappa shape index (κ2) is 5.52. The fraction of sp³-hybridized carbons (Fsp3) is 0.385. The van der Waals surface area contributed by atoms with Gasteiger partial charge in [-0.25, -0.2) is 4.98 Å². The van der Waals surface area contributed by atoms with Crippen molar-refractivity contribution in [3.05, 3.63) is 39.8 Å². The smallest absolute Gasteiger partial charge is 0.125 e. The van der Waals surface area contributed by atoms with Crippen molar-refractivity contribution < 1.29 is 0 Å². The molecule has 0 saturated carbocycles. The Morgan fingerprint density at radius 2 is 2.11 bits per heavy atom. The molecule has 0 aromatic carbocycles. The molecule has 2 aromatic rings. The van der Waals surface area contributed by atoms with Gasteiger partial charge in [-0.3, -0.25) is 4.68 Å². The Bertz CT molecular complexity index is 531. The third-order valence-corrected chi connectivity index (χ3v) is 3.54. The van der Waals surface area contributed by atoms with E-state index in [1.807, 2.05) is 23.9 Å². The van der Waals surface area contributed by atoms with E-state index in [-0.39, 0.29) is 0 Å². The lowest BCUT2D eigenvalue weighted by atomic mass is 10.1. The van der Waals surface area contributed by atoms with Crippen molar-refractivity contribution in [3.63, 3.8) is 0 Å². The Balaban J connectivity index is 1.94. The molecule has 18 heavy (non-hydrogen) atoms. The summed E-state index contributed by atoms with van der Waals surface area (Å²) in [5.41, 5.74) is 3.67. The maximum atomic E-state index is 4.41. The number of aryl methyl sites for hydroxylation is 2. The molecule has 0 saturated heterocycles. The molecule has 4 nitrogen and oxygen atoms in total. The number of nitrogens with zero attached hydrogens (tertiary/aromatic N) is 3. The molecule has 96 valence electrons. The number of pyridine rings is 1. The van der Waals surface area contributed by atoms with Crippen LogP contribution in [-0.4, -0.2) is 21.3 Å². The predicted molar refractivity (Wildman–Crippen MR) is 76.8 cm³/mol. The normalized spacial score (nSPS) is 10.7. The Labute approximate surface area is 116 Å². The molecule has 0 unspecified atom stereocenters. The van der Waals surface area contributed by atoms with Crippen molar-refractivity contribution in [2.45, 2.75) is 20.3 Å². The SMILES string of the molecule is Cc1nn(C)c(C)c1CCNc1ccc(Br)cn1. The van der Waals surface area contributed by atoms with Crippen molar-refractivity contribution in [1.29, 1.82) is 0 Å². The van der Waals surface area contributed by atoms with Crippen LogP contribution in [0.4, 0.5) is 5.82 Å². The molecule has 0 aliphatic carbocycles. The van der Waals surface area contributed by atoms with Crippen LogP contribution in [-0.2, 0) is 13.5 Å². The maximum Gasteiger partial charge on any atom is 0.125 e. The van der Waals surface area contributed by atoms with E-state index in [0.29, 0.717) is 0 Å². The van der Waals surface area contributed by atoms with E-state index >= 15 is 0 Å². The van der Waals surface area contributed by atoms with Gasteiger partial charge >= 0.3 is 0 Å². The minimum atomic E-state index is 0.863. The quantitative estimate of drug-likeness (QED) is 0.944. The molecule has 2 heterocycles. The summed E-state index contributed by atoms with van der Waals surface area (Å²) in [6, 6.07) is 3.95. The Morgan fingerprint density at radius 3 is 2.67 bits per heavy atom. The van der Waals surface area contributed by atoms with Crippen LogP contribution in [0.2, 0.25) is 0 Å². The van der Waals surface area contributed by atoms with E-state index < -0.39 is 0 Å². The van der Waals surface area contributed by atoms with Gasteiger partial charge in [-0.15, -0.1) is 0 Å². The van der Waals surface area contributed by atoms with Gasteiger partial charge in [0.1, 0.15) is 5.82 Å². The van der Waals surface area contributed by atoms with Crippen molar-refractivity contribution in [2.24, 2.45) is 7.05 Å². The second-order valence-corrected chi connectivity index (χ2v) is 5.23. The average molecular weight is 309 g/mol. The molecule has 2 aromatic heterocycles. The van der Waals surface area contributed by atoms with Gasteiger partial charge in [-0.1, -0.05) is 0 Å². The van der Waals surface area contributed by atoms with Crippen LogP contribution in [0.1, 0.15) is 17.0 Å². The first-order valence-electron chi connectivity index (χ1n) is 5.92. The van der Waals surface area contributed by atoms with Gasteiger partial charge in [-0.2, -0.15) is 5.10 Å². The standard InChI is InChI=1S/C13H17BrN4/c1-9-12(10(2)18(3)17-9)6-7-15-13-5-4-11(14)8-16-13/h4-5,8H,6-7H2,1-3H3,(H,15,16). The molecule has 0 radical (unpaired) electrons. The lowest BCUT2D eigenvalue weighted by molar-refractivity contribution is 0.730. The Morgan fingerprint density at radius 1 is 1.33 bits per heavy atom. The minimum absolute atomic E-state index is 0.863. The molecule has 0 bridgehead atoms. The van der Waals surface area contributed by atoms with Crippen LogP contribution in [0.15, 0.2) is 22.8 Å². The van der Waals surface area contributed by atoms with Gasteiger partial charge in [0.25, 0.3) is 0 Å². The Kier molecular flexibility index (Phi) is 4.01. The fourth-order valence-electron chi connectivity index (χ4n) is 1.98. The number of hydrogen-bond acceptors (Lipinski definition) is 3. The summed E-state index contributed by atoms with van der Waals surface area (Å²) >= 11 is 3.37. The van der Waals surface area contributed by atoms with E-state index in [9.17, 15) is 0 Å². The maximum absolute atomic E-state index is 4.41. The molecular formula is C13H17BrN4. The van der Waals surface area contributed by atoms with Crippen LogP contribution < -0.4 is 5.32 Å². The highest BCUT2D eigenvalue weighted by Crippen LogP contribution is 2.14. The third-order valence-electron chi connectivity index (χ3n) is 3.07. The van der Waals surface area contributed by atoms with E-state index in [2.05, 4.69) is 45.2 Å². The second-order valence-electron chi connectivity index (χ2n) is 4.31. The number of halogens is 1. The first-order valence-corrected chi connectivity index (χ1v) is 6.71. The molecule has 2 rings (SSSR count). The summed E-state index contributed by atoms with van der Waals surface area (Å²) in [6.45, 7) is 5.02. The van der Waals surface area contributed by atoms with Crippen LogP contribution >= 0.6 is 15.9 Å². The largest absolute Gasteiger partial charge is 0.370 e. The third kappa shape index (κ3) is 2.90. The zero-order chi connectivity index (χ0) is 13.1. The summed E-state index contributed by atoms with van der Waals surface area (Å²) in [5, 5.41) is 7.73. The zero-order valence-corrected chi connectivity index (χ0v) is 12.5. The van der Waals surface area contributed by atoms with Crippen molar-refractivity contribution in [2.75, 3.05) is 11.9 Å². The highest BCUT2D eigenvalue weighted by molar-refractivity contribution is 9.10. The van der Waals surface area contributed by atoms with Gasteiger partial charge in [-0.05, 0) is 53.9 Å². The highest BCUT2D eigenvalue weighted by Gasteiger charge is 2.08. The van der Waals surface area contributed by atoms with Gasteiger partial charge in [0.15, 0.2) is 0 Å². The average Bonchev–Trinajstić information content (AvgIpc) is 2.58. The molecule has 0 fully saturated rings. The predicted octanol–water partition coefficient (Wildman–Crippen LogP) is 2.85. The highest BCUT2D eigenvalue weighted by atomic mass is 79.9. The minimum Gasteiger partial charge on any atom is -0.370 e. The number of rotatable bonds is 4. The molecule has 5 heteroatoms. The van der Waals surface area contributed by atoms with Gasteiger partial charge in [0.2, 0.25) is 0 Å². The van der Waals surface area contributed by atoms with Crippen LogP contribution in [0, 0.1) is 13.8 Å². The topological polar surface area (TPSA) is 42.7 Å². The molecule has 0 atom stereocenters. The molecule has 0 aliphatic rings. The van der Waals surface area contributed by atoms with Crippen LogP contribution in [0.25, 0.3) is 0 Å². The van der Waals surface area contributed by atoms with Gasteiger partial charge < -0.3 is 5.32 Å². The van der Waals surface area contributed by atoms with E-state index in [4.69, 9.17) is 0 Å². The first-order chi connectivity index (χ1) is 8.58. The monoisotopic (exact) mass is 308 g/mol. The van der Waals surface area contributed by atoms with E-state index in [1.165, 1.54) is 11.3 Å². The number of hydrogen-bond donors (Lipinski definition) is 1. The van der Waals surface area contributed by atoms with Crippen molar-refractivity contribution >= 4 is 21.7 Å². The summed E-state index contributed by atoms with van der Waals surface area (Å²) in [7, 11) is 1.98. The lowest BCUT2D eigenvalue weighted by Gasteiger charge is -2.06. The molecule has 0 amide bonds. The lowest BCUT2D eigenvalue weighted by Crippen LogP contribution is -2.07. The number of nitrogens with one attached hydrogen (secondary N) is 1. The zero-order valence-electron chi connectivity index (χ0n) is 10.9. The van der Waals surface area contributed by atoms with Crippen molar-refractivity contribution in [3.8, 4) is 0 Å². The van der Waals surface area contributed by atoms with Crippen LogP contribution in [0.5, 0.6) is 0 Å². The number of aromatic nitrogens is 3. The summed E-state index contributed by atoms with van der Waals surface area (Å²) in [4.78, 5) is 4.28. The Hall–Kier alpha value is -1.36. The van der Waals surface area contributed by atoms with Gasteiger partial charge in [0.05, 0.1) is 5.69 Å². The molecular weight excluding hydrogens is 292 g/mol. The summed E-state index contributed by atoms with van der Waals surface area (Å²) in [5.74, 6) is 0.900. The fourth-order valence-corrected chi connectivity index (χ4v) is 2.21. The van der Waals surface area contributed by atoms with E-state index in [1.54, 1.807) is 6.20 Å². The summed E-state index contributed by atoms with van der Waals surface area (Å²) < 4.78 is 2.93. The summed E-state index contributed by atoms with van der Waals surface area (Å²) in [6.07, 6.45) is 2.76. The molecule has 0 spiro atoms. The first kappa shape index (κ1) is 13.1. The van der Waals surface area contributed by atoms with E-state index in [0.717, 1.165) is 29.0 Å². The number of anilines is 1. The van der Waals surface area contributed by atoms with Crippen molar-refractivity contribution in [1.82, 2.24) is 14.8 Å². The molecule has 1 N–H and O–H groups in total.